The van der Waals surface area contributed by atoms with Crippen LogP contribution in [0.5, 0.6) is 0 Å². The second kappa shape index (κ2) is 4.76. The molecule has 4 nitrogen and oxygen atoms in total. The monoisotopic (exact) mass is 275 g/mol. The lowest BCUT2D eigenvalue weighted by molar-refractivity contribution is -0.0274. The zero-order chi connectivity index (χ0) is 13.4. The highest BCUT2D eigenvalue weighted by molar-refractivity contribution is 7.92. The van der Waals surface area contributed by atoms with Crippen LogP contribution in [0.2, 0.25) is 0 Å². The van der Waals surface area contributed by atoms with Crippen molar-refractivity contribution in [2.45, 2.75) is 56.3 Å². The highest BCUT2D eigenvalue weighted by Crippen LogP contribution is 2.31. The molecule has 2 fully saturated rings. The van der Waals surface area contributed by atoms with Gasteiger partial charge in [0.2, 0.25) is 0 Å². The molecule has 0 radical (unpaired) electrons. The molecule has 0 unspecified atom stereocenters. The van der Waals surface area contributed by atoms with Gasteiger partial charge in [-0.05, 0) is 26.7 Å². The first-order valence-corrected chi connectivity index (χ1v) is 8.56. The molecule has 1 aliphatic heterocycles. The molecule has 1 aliphatic carbocycles. The quantitative estimate of drug-likeness (QED) is 0.822. The average molecular weight is 275 g/mol. The summed E-state index contributed by atoms with van der Waals surface area (Å²) in [6.07, 6.45) is 5.10. The normalized spacial score (nSPS) is 31.1. The van der Waals surface area contributed by atoms with Crippen LogP contribution >= 0.6 is 0 Å². The molecule has 0 aromatic rings. The number of hydrogen-bond acceptors (Lipinski definition) is 4. The third-order valence-electron chi connectivity index (χ3n) is 4.42. The topological polar surface area (TPSA) is 57.6 Å². The summed E-state index contributed by atoms with van der Waals surface area (Å²) < 4.78 is 23.2. The van der Waals surface area contributed by atoms with E-state index in [0.717, 1.165) is 25.7 Å². The van der Waals surface area contributed by atoms with Gasteiger partial charge in [-0.1, -0.05) is 19.3 Å². The summed E-state index contributed by atoms with van der Waals surface area (Å²) in [6, 6.07) is 0. The Morgan fingerprint density at radius 1 is 1.17 bits per heavy atom. The largest absolute Gasteiger partial charge is 0.389 e. The Hall–Kier alpha value is -0.130. The summed E-state index contributed by atoms with van der Waals surface area (Å²) in [4.78, 5) is 2.13. The van der Waals surface area contributed by atoms with Gasteiger partial charge in [-0.2, -0.15) is 0 Å². The van der Waals surface area contributed by atoms with Crippen LogP contribution < -0.4 is 0 Å². The van der Waals surface area contributed by atoms with Crippen LogP contribution in [0.15, 0.2) is 0 Å². The molecule has 0 aromatic heterocycles. The summed E-state index contributed by atoms with van der Waals surface area (Å²) in [5, 5.41) is 10.5. The first-order valence-electron chi connectivity index (χ1n) is 6.91. The van der Waals surface area contributed by atoms with Gasteiger partial charge in [0.25, 0.3) is 0 Å². The molecule has 2 aliphatic rings. The Morgan fingerprint density at radius 2 is 1.78 bits per heavy atom. The molecule has 0 amide bonds. The van der Waals surface area contributed by atoms with Crippen LogP contribution in [0.4, 0.5) is 0 Å². The fourth-order valence-corrected chi connectivity index (χ4v) is 4.59. The van der Waals surface area contributed by atoms with Crippen molar-refractivity contribution in [2.24, 2.45) is 0 Å². The zero-order valence-corrected chi connectivity index (χ0v) is 12.3. The number of nitrogens with zero attached hydrogens (tertiary/aromatic N) is 1. The summed E-state index contributed by atoms with van der Waals surface area (Å²) >= 11 is 0. The van der Waals surface area contributed by atoms with Gasteiger partial charge in [-0.3, -0.25) is 4.90 Å². The lowest BCUT2D eigenvalue weighted by Gasteiger charge is -2.42. The van der Waals surface area contributed by atoms with Crippen LogP contribution in [-0.4, -0.2) is 54.2 Å². The predicted molar refractivity (Wildman–Crippen MR) is 72.3 cm³/mol. The van der Waals surface area contributed by atoms with E-state index in [1.165, 1.54) is 6.42 Å². The van der Waals surface area contributed by atoms with Crippen LogP contribution in [0.1, 0.15) is 46.0 Å². The molecule has 0 atom stereocenters. The number of rotatable bonds is 2. The van der Waals surface area contributed by atoms with Crippen molar-refractivity contribution >= 4 is 9.84 Å². The number of aliphatic hydroxyl groups is 1. The average Bonchev–Trinajstić information content (AvgIpc) is 2.24. The Balaban J connectivity index is 2.00. The van der Waals surface area contributed by atoms with E-state index in [-0.39, 0.29) is 5.75 Å². The highest BCUT2D eigenvalue weighted by atomic mass is 32.2. The molecular formula is C13H25NO3S. The van der Waals surface area contributed by atoms with Gasteiger partial charge in [-0.25, -0.2) is 8.42 Å². The molecule has 18 heavy (non-hydrogen) atoms. The molecule has 0 spiro atoms. The first kappa shape index (κ1) is 14.3. The van der Waals surface area contributed by atoms with Crippen LogP contribution in [0.3, 0.4) is 0 Å². The summed E-state index contributed by atoms with van der Waals surface area (Å²) in [5.74, 6) is 0.218. The van der Waals surface area contributed by atoms with E-state index in [1.807, 2.05) is 0 Å². The van der Waals surface area contributed by atoms with Crippen molar-refractivity contribution in [3.05, 3.63) is 0 Å². The van der Waals surface area contributed by atoms with Crippen molar-refractivity contribution in [2.75, 3.05) is 25.4 Å². The lowest BCUT2D eigenvalue weighted by atomic mass is 9.84. The lowest BCUT2D eigenvalue weighted by Crippen LogP contribution is -2.56. The predicted octanol–water partition coefficient (Wildman–Crippen LogP) is 1.19. The summed E-state index contributed by atoms with van der Waals surface area (Å²) in [5.41, 5.74) is -0.588. The van der Waals surface area contributed by atoms with Crippen LogP contribution in [-0.2, 0) is 9.84 Å². The van der Waals surface area contributed by atoms with E-state index < -0.39 is 20.2 Å². The van der Waals surface area contributed by atoms with Crippen molar-refractivity contribution in [3.63, 3.8) is 0 Å². The molecule has 1 saturated heterocycles. The molecule has 1 heterocycles. The third-order valence-corrected chi connectivity index (χ3v) is 6.96. The van der Waals surface area contributed by atoms with Gasteiger partial charge in [-0.15, -0.1) is 0 Å². The SMILES string of the molecule is CC1(C)CN(CC2(O)CCCCC2)CCS1(=O)=O. The Bertz CT molecular complexity index is 396. The molecular weight excluding hydrogens is 250 g/mol. The smallest absolute Gasteiger partial charge is 0.157 e. The molecule has 0 aromatic carbocycles. The fourth-order valence-electron chi connectivity index (χ4n) is 3.16. The van der Waals surface area contributed by atoms with Gasteiger partial charge >= 0.3 is 0 Å². The van der Waals surface area contributed by atoms with Crippen LogP contribution in [0, 0.1) is 0 Å². The maximum atomic E-state index is 11.9. The third kappa shape index (κ3) is 2.89. The summed E-state index contributed by atoms with van der Waals surface area (Å²) in [6.45, 7) is 5.32. The minimum absolute atomic E-state index is 0.218. The fraction of sp³-hybridized carbons (Fsp3) is 1.00. The minimum atomic E-state index is -2.98. The molecule has 1 saturated carbocycles. The number of hydrogen-bond donors (Lipinski definition) is 1. The van der Waals surface area contributed by atoms with Crippen molar-refractivity contribution in [3.8, 4) is 0 Å². The first-order chi connectivity index (χ1) is 8.24. The summed E-state index contributed by atoms with van der Waals surface area (Å²) in [7, 11) is -2.98. The second-order valence-corrected chi connectivity index (χ2v) is 9.32. The molecule has 5 heteroatoms. The maximum absolute atomic E-state index is 11.9. The zero-order valence-electron chi connectivity index (χ0n) is 11.5. The van der Waals surface area contributed by atoms with Crippen LogP contribution in [0.25, 0.3) is 0 Å². The second-order valence-electron chi connectivity index (χ2n) is 6.57. The van der Waals surface area contributed by atoms with Crippen molar-refractivity contribution in [1.29, 1.82) is 0 Å². The molecule has 2 rings (SSSR count). The van der Waals surface area contributed by atoms with Gasteiger partial charge in [0, 0.05) is 19.6 Å². The maximum Gasteiger partial charge on any atom is 0.157 e. The Kier molecular flexibility index (Phi) is 3.78. The van der Waals surface area contributed by atoms with Gasteiger partial charge in [0.15, 0.2) is 9.84 Å². The van der Waals surface area contributed by atoms with Gasteiger partial charge in [0.05, 0.1) is 16.1 Å². The minimum Gasteiger partial charge on any atom is -0.389 e. The van der Waals surface area contributed by atoms with Gasteiger partial charge < -0.3 is 5.11 Å². The van der Waals surface area contributed by atoms with E-state index in [1.54, 1.807) is 13.8 Å². The van der Waals surface area contributed by atoms with E-state index in [2.05, 4.69) is 4.90 Å². The Labute approximate surface area is 110 Å². The standard InChI is InChI=1S/C13H25NO3S/c1-12(2)10-14(8-9-18(12,16)17)11-13(15)6-4-3-5-7-13/h15H,3-11H2,1-2H3. The number of sulfone groups is 1. The van der Waals surface area contributed by atoms with Crippen molar-refractivity contribution in [1.82, 2.24) is 4.90 Å². The molecule has 106 valence electrons. The van der Waals surface area contributed by atoms with E-state index in [4.69, 9.17) is 0 Å². The Morgan fingerprint density at radius 3 is 2.33 bits per heavy atom. The molecule has 0 bridgehead atoms. The molecule has 1 N–H and O–H groups in total. The van der Waals surface area contributed by atoms with Gasteiger partial charge in [0.1, 0.15) is 0 Å². The highest BCUT2D eigenvalue weighted by Gasteiger charge is 2.42. The number of β-amino-alcohol motifs (C(OH)–C–C–N with tert-alkyl or cyclic N) is 1. The van der Waals surface area contributed by atoms with Crippen molar-refractivity contribution < 1.29 is 13.5 Å². The van der Waals surface area contributed by atoms with E-state index >= 15 is 0 Å². The van der Waals surface area contributed by atoms with E-state index in [0.29, 0.717) is 19.6 Å². The van der Waals surface area contributed by atoms with E-state index in [9.17, 15) is 13.5 Å².